The summed E-state index contributed by atoms with van der Waals surface area (Å²) in [5.41, 5.74) is -1.04. The van der Waals surface area contributed by atoms with Crippen LogP contribution < -0.4 is 0 Å². The largest absolute Gasteiger partial charge is 0.493 e. The molecule has 12 heavy (non-hydrogen) atoms. The highest BCUT2D eigenvalue weighted by molar-refractivity contribution is 5.26. The standard InChI is InChI=1S/C7H6F3NO/c1-4-5(7(8,9)10)2-3-6(12)11-4/h2-3H,1H3,(H,11,12). The van der Waals surface area contributed by atoms with Gasteiger partial charge in [0.25, 0.3) is 0 Å². The molecule has 1 aromatic rings. The molecule has 0 amide bonds. The summed E-state index contributed by atoms with van der Waals surface area (Å²) in [6.07, 6.45) is -4.40. The zero-order valence-electron chi connectivity index (χ0n) is 6.18. The quantitative estimate of drug-likeness (QED) is 0.658. The van der Waals surface area contributed by atoms with Gasteiger partial charge in [0.05, 0.1) is 11.3 Å². The van der Waals surface area contributed by atoms with E-state index in [1.54, 1.807) is 0 Å². The van der Waals surface area contributed by atoms with Gasteiger partial charge in [0.15, 0.2) is 0 Å². The third kappa shape index (κ3) is 1.66. The molecule has 0 spiro atoms. The summed E-state index contributed by atoms with van der Waals surface area (Å²) in [5, 5.41) is 8.72. The molecule has 0 saturated carbocycles. The second-order valence-corrected chi connectivity index (χ2v) is 2.30. The van der Waals surface area contributed by atoms with Gasteiger partial charge >= 0.3 is 6.18 Å². The van der Waals surface area contributed by atoms with Crippen molar-refractivity contribution in [2.75, 3.05) is 0 Å². The molecule has 0 atom stereocenters. The average molecular weight is 177 g/mol. The van der Waals surface area contributed by atoms with Crippen molar-refractivity contribution in [2.45, 2.75) is 13.1 Å². The first-order valence-electron chi connectivity index (χ1n) is 3.15. The van der Waals surface area contributed by atoms with Crippen LogP contribution in [0.15, 0.2) is 12.1 Å². The molecule has 0 aromatic carbocycles. The lowest BCUT2D eigenvalue weighted by atomic mass is 10.2. The lowest BCUT2D eigenvalue weighted by Crippen LogP contribution is -2.08. The van der Waals surface area contributed by atoms with Crippen molar-refractivity contribution in [1.29, 1.82) is 0 Å². The highest BCUT2D eigenvalue weighted by Gasteiger charge is 2.32. The number of halogens is 3. The van der Waals surface area contributed by atoms with E-state index in [9.17, 15) is 13.2 Å². The van der Waals surface area contributed by atoms with Gasteiger partial charge in [0.2, 0.25) is 5.88 Å². The zero-order chi connectivity index (χ0) is 9.35. The SMILES string of the molecule is Cc1nc(O)ccc1C(F)(F)F. The molecule has 1 aromatic heterocycles. The predicted molar refractivity (Wildman–Crippen MR) is 35.6 cm³/mol. The van der Waals surface area contributed by atoms with Crippen molar-refractivity contribution in [3.05, 3.63) is 23.4 Å². The van der Waals surface area contributed by atoms with Crippen LogP contribution in [0, 0.1) is 6.92 Å². The zero-order valence-corrected chi connectivity index (χ0v) is 6.18. The van der Waals surface area contributed by atoms with Crippen LogP contribution in [-0.4, -0.2) is 10.1 Å². The predicted octanol–water partition coefficient (Wildman–Crippen LogP) is 2.11. The third-order valence-corrected chi connectivity index (χ3v) is 1.38. The van der Waals surface area contributed by atoms with Gasteiger partial charge in [-0.25, -0.2) is 4.98 Å². The third-order valence-electron chi connectivity index (χ3n) is 1.38. The van der Waals surface area contributed by atoms with Crippen LogP contribution in [-0.2, 0) is 6.18 Å². The normalized spacial score (nSPS) is 11.7. The van der Waals surface area contributed by atoms with E-state index in [1.165, 1.54) is 6.92 Å². The molecule has 1 rings (SSSR count). The van der Waals surface area contributed by atoms with Gasteiger partial charge in [0, 0.05) is 6.07 Å². The number of aromatic nitrogens is 1. The first-order chi connectivity index (χ1) is 5.41. The molecule has 0 aliphatic rings. The molecule has 0 saturated heterocycles. The molecule has 66 valence electrons. The lowest BCUT2D eigenvalue weighted by molar-refractivity contribution is -0.138. The molecule has 0 fully saturated rings. The Bertz CT molecular complexity index is 295. The van der Waals surface area contributed by atoms with E-state index in [-0.39, 0.29) is 5.69 Å². The summed E-state index contributed by atoms with van der Waals surface area (Å²) in [6, 6.07) is 1.72. The fourth-order valence-corrected chi connectivity index (χ4v) is 0.847. The Morgan fingerprint density at radius 2 is 1.92 bits per heavy atom. The van der Waals surface area contributed by atoms with Crippen molar-refractivity contribution in [1.82, 2.24) is 4.98 Å². The molecule has 1 heterocycles. The summed E-state index contributed by atoms with van der Waals surface area (Å²) in [7, 11) is 0. The number of hydrogen-bond acceptors (Lipinski definition) is 2. The highest BCUT2D eigenvalue weighted by atomic mass is 19.4. The molecule has 0 bridgehead atoms. The van der Waals surface area contributed by atoms with E-state index in [4.69, 9.17) is 5.11 Å². The minimum atomic E-state index is -4.40. The van der Waals surface area contributed by atoms with Crippen LogP contribution in [0.3, 0.4) is 0 Å². The molecule has 0 aliphatic heterocycles. The Morgan fingerprint density at radius 3 is 2.33 bits per heavy atom. The smallest absolute Gasteiger partial charge is 0.418 e. The summed E-state index contributed by atoms with van der Waals surface area (Å²) >= 11 is 0. The van der Waals surface area contributed by atoms with E-state index < -0.39 is 17.6 Å². The molecular weight excluding hydrogens is 171 g/mol. The topological polar surface area (TPSA) is 33.1 Å². The minimum Gasteiger partial charge on any atom is -0.493 e. The van der Waals surface area contributed by atoms with E-state index in [2.05, 4.69) is 4.98 Å². The van der Waals surface area contributed by atoms with Crippen LogP contribution in [0.2, 0.25) is 0 Å². The molecular formula is C7H6F3NO. The van der Waals surface area contributed by atoms with Crippen LogP contribution in [0.4, 0.5) is 13.2 Å². The van der Waals surface area contributed by atoms with E-state index in [1.807, 2.05) is 0 Å². The van der Waals surface area contributed by atoms with Gasteiger partial charge in [-0.15, -0.1) is 0 Å². The maximum absolute atomic E-state index is 12.1. The van der Waals surface area contributed by atoms with Gasteiger partial charge in [0.1, 0.15) is 0 Å². The van der Waals surface area contributed by atoms with Crippen molar-refractivity contribution in [3.8, 4) is 5.88 Å². The first kappa shape index (κ1) is 8.83. The minimum absolute atomic E-state index is 0.220. The number of aromatic hydroxyl groups is 1. The van der Waals surface area contributed by atoms with Gasteiger partial charge in [-0.2, -0.15) is 13.2 Å². The Morgan fingerprint density at radius 1 is 1.33 bits per heavy atom. The second-order valence-electron chi connectivity index (χ2n) is 2.30. The van der Waals surface area contributed by atoms with E-state index in [0.717, 1.165) is 12.1 Å². The fourth-order valence-electron chi connectivity index (χ4n) is 0.847. The van der Waals surface area contributed by atoms with Crippen LogP contribution in [0.5, 0.6) is 5.88 Å². The van der Waals surface area contributed by atoms with Crippen LogP contribution in [0.1, 0.15) is 11.3 Å². The average Bonchev–Trinajstić information content (AvgIpc) is 1.83. The lowest BCUT2D eigenvalue weighted by Gasteiger charge is -2.08. The molecule has 1 N–H and O–H groups in total. The van der Waals surface area contributed by atoms with Gasteiger partial charge in [-0.1, -0.05) is 0 Å². The van der Waals surface area contributed by atoms with Crippen LogP contribution in [0.25, 0.3) is 0 Å². The maximum atomic E-state index is 12.1. The second kappa shape index (κ2) is 2.66. The van der Waals surface area contributed by atoms with Crippen molar-refractivity contribution in [2.24, 2.45) is 0 Å². The molecule has 0 aliphatic carbocycles. The number of aryl methyl sites for hydroxylation is 1. The fraction of sp³-hybridized carbons (Fsp3) is 0.286. The number of nitrogens with zero attached hydrogens (tertiary/aromatic N) is 1. The van der Waals surface area contributed by atoms with Crippen LogP contribution >= 0.6 is 0 Å². The first-order valence-corrected chi connectivity index (χ1v) is 3.15. The van der Waals surface area contributed by atoms with E-state index >= 15 is 0 Å². The van der Waals surface area contributed by atoms with Crippen molar-refractivity contribution in [3.63, 3.8) is 0 Å². The Hall–Kier alpha value is -1.26. The summed E-state index contributed by atoms with van der Waals surface area (Å²) < 4.78 is 36.2. The number of rotatable bonds is 0. The molecule has 2 nitrogen and oxygen atoms in total. The molecule has 0 unspecified atom stereocenters. The summed E-state index contributed by atoms with van der Waals surface area (Å²) in [6.45, 7) is 1.20. The van der Waals surface area contributed by atoms with Crippen molar-refractivity contribution >= 4 is 0 Å². The molecule has 0 radical (unpaired) electrons. The summed E-state index contributed by atoms with van der Waals surface area (Å²) in [4.78, 5) is 3.28. The number of alkyl halides is 3. The van der Waals surface area contributed by atoms with E-state index in [0.29, 0.717) is 0 Å². The summed E-state index contributed by atoms with van der Waals surface area (Å²) in [5.74, 6) is -0.402. The Balaban J connectivity index is 3.19. The van der Waals surface area contributed by atoms with Gasteiger partial charge in [-0.3, -0.25) is 0 Å². The Labute approximate surface area is 66.7 Å². The van der Waals surface area contributed by atoms with Gasteiger partial charge in [-0.05, 0) is 13.0 Å². The number of pyridine rings is 1. The monoisotopic (exact) mass is 177 g/mol. The number of hydrogen-bond donors (Lipinski definition) is 1. The van der Waals surface area contributed by atoms with Crippen molar-refractivity contribution < 1.29 is 18.3 Å². The highest BCUT2D eigenvalue weighted by Crippen LogP contribution is 2.31. The molecule has 5 heteroatoms. The van der Waals surface area contributed by atoms with Gasteiger partial charge < -0.3 is 5.11 Å². The Kier molecular flexibility index (Phi) is 1.95. The maximum Gasteiger partial charge on any atom is 0.418 e.